The van der Waals surface area contributed by atoms with E-state index in [1.165, 1.54) is 16.8 Å². The van der Waals surface area contributed by atoms with Gasteiger partial charge in [-0.15, -0.1) is 0 Å². The number of nitrogens with zero attached hydrogens (tertiary/aromatic N) is 3. The molecule has 0 radical (unpaired) electrons. The molecule has 0 fully saturated rings. The molecule has 1 N–H and O–H groups in total. The van der Waals surface area contributed by atoms with E-state index in [2.05, 4.69) is 10.1 Å². The van der Waals surface area contributed by atoms with E-state index < -0.39 is 5.91 Å². The maximum absolute atomic E-state index is 12.8. The number of nitrogens with one attached hydrogen (secondary N) is 1. The van der Waals surface area contributed by atoms with Crippen LogP contribution in [0.25, 0.3) is 6.08 Å². The molecule has 8 nitrogen and oxygen atoms in total. The van der Waals surface area contributed by atoms with Crippen molar-refractivity contribution in [2.24, 2.45) is 10.1 Å². The highest BCUT2D eigenvalue weighted by atomic mass is 35.5. The topological polar surface area (TPSA) is 96.6 Å². The Balaban J connectivity index is 1.31. The molecule has 5 rings (SSSR count). The number of carbonyl (C=O) groups excluding carboxylic acids is 1. The molecule has 0 bridgehead atoms. The molecule has 2 aliphatic heterocycles. The maximum atomic E-state index is 12.8. The molecule has 1 amide bonds. The quantitative estimate of drug-likeness (QED) is 0.266. The number of amidine groups is 2. The first kappa shape index (κ1) is 25.6. The lowest BCUT2D eigenvalue weighted by Gasteiger charge is -2.20. The second kappa shape index (κ2) is 11.5. The maximum Gasteiger partial charge on any atom is 0.283 e. The fourth-order valence-corrected chi connectivity index (χ4v) is 4.81. The van der Waals surface area contributed by atoms with Gasteiger partial charge in [0.25, 0.3) is 5.91 Å². The van der Waals surface area contributed by atoms with Gasteiger partial charge in [-0.2, -0.15) is 15.1 Å². The monoisotopic (exact) mass is 546 g/mol. The van der Waals surface area contributed by atoms with E-state index in [1.54, 1.807) is 36.4 Å². The van der Waals surface area contributed by atoms with Crippen LogP contribution in [0.4, 0.5) is 0 Å². The van der Waals surface area contributed by atoms with E-state index in [-0.39, 0.29) is 18.0 Å². The third-order valence-corrected chi connectivity index (χ3v) is 6.76. The molecule has 0 aromatic heterocycles. The van der Waals surface area contributed by atoms with Crippen LogP contribution < -0.4 is 14.2 Å². The fourth-order valence-electron chi connectivity index (χ4n) is 3.72. The molecule has 0 atom stereocenters. The summed E-state index contributed by atoms with van der Waals surface area (Å²) in [6.45, 7) is 2.88. The number of para-hydroxylation sites is 1. The van der Waals surface area contributed by atoms with Crippen molar-refractivity contribution in [3.05, 3.63) is 94.5 Å². The average molecular weight is 547 g/mol. The summed E-state index contributed by atoms with van der Waals surface area (Å²) in [4.78, 5) is 17.0. The Labute approximate surface area is 229 Å². The van der Waals surface area contributed by atoms with Gasteiger partial charge in [0.05, 0.1) is 17.2 Å². The molecule has 0 spiro atoms. The summed E-state index contributed by atoms with van der Waals surface area (Å²) >= 11 is 7.39. The minimum atomic E-state index is -0.492. The number of benzene rings is 3. The molecule has 0 aliphatic carbocycles. The van der Waals surface area contributed by atoms with Crippen molar-refractivity contribution < 1.29 is 19.0 Å². The van der Waals surface area contributed by atoms with E-state index in [0.29, 0.717) is 51.3 Å². The van der Waals surface area contributed by atoms with Crippen molar-refractivity contribution in [1.82, 2.24) is 5.01 Å². The first-order valence-electron chi connectivity index (χ1n) is 11.9. The molecule has 2 heterocycles. The lowest BCUT2D eigenvalue weighted by atomic mass is 10.1. The molecule has 0 unspecified atom stereocenters. The first-order valence-corrected chi connectivity index (χ1v) is 13.1. The SMILES string of the molecule is CCOc1cc(/C=C2\C(=N)N3N=C(c4ccccc4)SC3=NC2=O)ccc1OCCOc1ccccc1Cl. The zero-order valence-corrected chi connectivity index (χ0v) is 22.0. The molecule has 192 valence electrons. The number of hydrogen-bond acceptors (Lipinski definition) is 7. The van der Waals surface area contributed by atoms with Gasteiger partial charge in [0.1, 0.15) is 24.0 Å². The third kappa shape index (κ3) is 5.58. The number of aliphatic imine (C=N–C) groups is 1. The summed E-state index contributed by atoms with van der Waals surface area (Å²) in [6, 6.07) is 22.1. The van der Waals surface area contributed by atoms with Crippen LogP contribution in [0.3, 0.4) is 0 Å². The molecule has 0 saturated heterocycles. The Bertz CT molecular complexity index is 1470. The zero-order chi connectivity index (χ0) is 26.5. The molecular formula is C28H23ClN4O4S. The van der Waals surface area contributed by atoms with Crippen LogP contribution in [0.5, 0.6) is 17.2 Å². The zero-order valence-electron chi connectivity index (χ0n) is 20.4. The van der Waals surface area contributed by atoms with Crippen LogP contribution in [-0.4, -0.2) is 46.8 Å². The summed E-state index contributed by atoms with van der Waals surface area (Å²) in [6.07, 6.45) is 1.61. The number of halogens is 1. The summed E-state index contributed by atoms with van der Waals surface area (Å²) in [5.74, 6) is 1.11. The van der Waals surface area contributed by atoms with E-state index in [0.717, 1.165) is 5.56 Å². The van der Waals surface area contributed by atoms with Crippen LogP contribution in [0.2, 0.25) is 5.02 Å². The highest BCUT2D eigenvalue weighted by Crippen LogP contribution is 2.33. The summed E-state index contributed by atoms with van der Waals surface area (Å²) < 4.78 is 17.3. The van der Waals surface area contributed by atoms with Gasteiger partial charge in [-0.3, -0.25) is 10.2 Å². The standard InChI is InChI=1S/C28H23ClN4O4S/c1-2-35-24-17-18(12-13-23(24)37-15-14-36-22-11-7-6-10-21(22)29)16-20-25(30)33-28(31-26(20)34)38-27(32-33)19-8-4-3-5-9-19/h3-13,16-17,30H,2,14-15H2,1H3/b20-16+,30-25?. The first-order chi connectivity index (χ1) is 18.5. The summed E-state index contributed by atoms with van der Waals surface area (Å²) in [5, 5.41) is 16.1. The Morgan fingerprint density at radius 2 is 1.68 bits per heavy atom. The average Bonchev–Trinajstić information content (AvgIpc) is 3.36. The third-order valence-electron chi connectivity index (χ3n) is 5.49. The Kier molecular flexibility index (Phi) is 7.76. The Morgan fingerprint density at radius 3 is 2.45 bits per heavy atom. The Hall–Kier alpha value is -4.08. The number of ether oxygens (including phenoxy) is 3. The van der Waals surface area contributed by atoms with Crippen molar-refractivity contribution in [2.45, 2.75) is 6.92 Å². The number of carbonyl (C=O) groups is 1. The minimum absolute atomic E-state index is 0.0339. The van der Waals surface area contributed by atoms with E-state index in [1.807, 2.05) is 49.4 Å². The van der Waals surface area contributed by atoms with Gasteiger partial charge in [0.15, 0.2) is 17.3 Å². The smallest absolute Gasteiger partial charge is 0.283 e. The van der Waals surface area contributed by atoms with Crippen molar-refractivity contribution in [3.8, 4) is 17.2 Å². The molecular weight excluding hydrogens is 524 g/mol. The highest BCUT2D eigenvalue weighted by Gasteiger charge is 2.36. The van der Waals surface area contributed by atoms with Gasteiger partial charge in [0.2, 0.25) is 5.17 Å². The summed E-state index contributed by atoms with van der Waals surface area (Å²) in [7, 11) is 0. The molecule has 10 heteroatoms. The molecule has 3 aromatic rings. The second-order valence-electron chi connectivity index (χ2n) is 8.06. The van der Waals surface area contributed by atoms with Crippen molar-refractivity contribution >= 4 is 51.4 Å². The van der Waals surface area contributed by atoms with E-state index in [9.17, 15) is 4.79 Å². The number of amides is 1. The minimum Gasteiger partial charge on any atom is -0.490 e. The van der Waals surface area contributed by atoms with Crippen molar-refractivity contribution in [1.29, 1.82) is 5.41 Å². The van der Waals surface area contributed by atoms with Gasteiger partial charge >= 0.3 is 0 Å². The highest BCUT2D eigenvalue weighted by molar-refractivity contribution is 8.27. The van der Waals surface area contributed by atoms with Crippen LogP contribution in [0, 0.1) is 5.41 Å². The normalized spacial score (nSPS) is 15.7. The predicted molar refractivity (Wildman–Crippen MR) is 151 cm³/mol. The van der Waals surface area contributed by atoms with Gasteiger partial charge < -0.3 is 14.2 Å². The fraction of sp³-hybridized carbons (Fsp3) is 0.143. The number of hydrazone groups is 1. The largest absolute Gasteiger partial charge is 0.490 e. The lowest BCUT2D eigenvalue weighted by molar-refractivity contribution is -0.114. The van der Waals surface area contributed by atoms with Crippen LogP contribution in [0.1, 0.15) is 18.1 Å². The molecule has 38 heavy (non-hydrogen) atoms. The van der Waals surface area contributed by atoms with Crippen LogP contribution >= 0.6 is 23.4 Å². The second-order valence-corrected chi connectivity index (χ2v) is 9.42. The summed E-state index contributed by atoms with van der Waals surface area (Å²) in [5.41, 5.74) is 1.70. The van der Waals surface area contributed by atoms with Gasteiger partial charge in [0, 0.05) is 5.56 Å². The van der Waals surface area contributed by atoms with Crippen LogP contribution in [-0.2, 0) is 4.79 Å². The number of fused-ring (bicyclic) bond motifs is 1. The predicted octanol–water partition coefficient (Wildman–Crippen LogP) is 5.86. The van der Waals surface area contributed by atoms with Crippen molar-refractivity contribution in [2.75, 3.05) is 19.8 Å². The molecule has 0 saturated carbocycles. The molecule has 3 aromatic carbocycles. The van der Waals surface area contributed by atoms with E-state index >= 15 is 0 Å². The number of rotatable bonds is 9. The van der Waals surface area contributed by atoms with E-state index in [4.69, 9.17) is 31.2 Å². The Morgan fingerprint density at radius 1 is 0.947 bits per heavy atom. The number of thioether (sulfide) groups is 1. The van der Waals surface area contributed by atoms with Crippen molar-refractivity contribution in [3.63, 3.8) is 0 Å². The molecule has 2 aliphatic rings. The number of hydrogen-bond donors (Lipinski definition) is 1. The van der Waals surface area contributed by atoms with Gasteiger partial charge in [-0.25, -0.2) is 0 Å². The lowest BCUT2D eigenvalue weighted by Crippen LogP contribution is -2.35. The van der Waals surface area contributed by atoms with Crippen LogP contribution in [0.15, 0.2) is 88.5 Å². The van der Waals surface area contributed by atoms with Gasteiger partial charge in [-0.1, -0.05) is 60.1 Å². The van der Waals surface area contributed by atoms with Gasteiger partial charge in [-0.05, 0) is 54.6 Å².